The summed E-state index contributed by atoms with van der Waals surface area (Å²) < 4.78 is 10.6. The van der Waals surface area contributed by atoms with Gasteiger partial charge in [0.15, 0.2) is 18.2 Å². The Morgan fingerprint density at radius 3 is 2.86 bits per heavy atom. The Morgan fingerprint density at radius 2 is 2.06 bits per heavy atom. The number of aliphatic hydroxyl groups is 1. The summed E-state index contributed by atoms with van der Waals surface area (Å²) in [6, 6.07) is 10.8. The number of nitrogens with zero attached hydrogens (tertiary/aromatic N) is 4. The maximum atomic E-state index is 11.6. The second kappa shape index (κ2) is 9.61. The highest BCUT2D eigenvalue weighted by atomic mass is 16.5. The van der Waals surface area contributed by atoms with Crippen molar-refractivity contribution in [3.05, 3.63) is 47.8 Å². The van der Waals surface area contributed by atoms with Crippen LogP contribution in [0.3, 0.4) is 0 Å². The lowest BCUT2D eigenvalue weighted by Crippen LogP contribution is -2.50. The molecule has 3 aliphatic rings. The smallest absolute Gasteiger partial charge is 0.263 e. The topological polar surface area (TPSA) is 122 Å². The molecule has 0 saturated carbocycles. The molecular formula is C26H30N6O4. The number of ether oxygens (including phenoxy) is 2. The predicted octanol–water partition coefficient (Wildman–Crippen LogP) is 2.18. The van der Waals surface area contributed by atoms with E-state index in [0.29, 0.717) is 54.2 Å². The number of carbonyl (C=O) groups excluding carboxylic acids is 1. The van der Waals surface area contributed by atoms with E-state index in [0.717, 1.165) is 42.5 Å². The number of amides is 1. The molecule has 0 aliphatic carbocycles. The lowest BCUT2D eigenvalue weighted by Gasteiger charge is -2.40. The van der Waals surface area contributed by atoms with E-state index in [1.54, 1.807) is 13.3 Å². The van der Waals surface area contributed by atoms with E-state index >= 15 is 0 Å². The van der Waals surface area contributed by atoms with Gasteiger partial charge in [0, 0.05) is 36.8 Å². The summed E-state index contributed by atoms with van der Waals surface area (Å²) in [5.41, 5.74) is 3.10. The van der Waals surface area contributed by atoms with Crippen molar-refractivity contribution in [3.8, 4) is 11.6 Å². The molecule has 0 radical (unpaired) electrons. The molecular weight excluding hydrogens is 460 g/mol. The fourth-order valence-corrected chi connectivity index (χ4v) is 5.79. The number of benzene rings is 1. The molecule has 3 aromatic rings. The molecule has 36 heavy (non-hydrogen) atoms. The first-order valence-electron chi connectivity index (χ1n) is 12.5. The van der Waals surface area contributed by atoms with E-state index in [-0.39, 0.29) is 12.5 Å². The first-order chi connectivity index (χ1) is 17.6. The quantitative estimate of drug-likeness (QED) is 0.457. The zero-order valence-electron chi connectivity index (χ0n) is 20.2. The van der Waals surface area contributed by atoms with Crippen molar-refractivity contribution in [1.29, 1.82) is 0 Å². The van der Waals surface area contributed by atoms with Crippen LogP contribution in [0.1, 0.15) is 43.0 Å². The van der Waals surface area contributed by atoms with E-state index in [1.165, 1.54) is 0 Å². The second-order valence-corrected chi connectivity index (χ2v) is 9.76. The number of nitrogens with one attached hydrogen (secondary N) is 2. The molecule has 3 aliphatic heterocycles. The zero-order valence-corrected chi connectivity index (χ0v) is 20.2. The lowest BCUT2D eigenvalue weighted by atomic mass is 9.95. The molecule has 3 atom stereocenters. The average molecular weight is 491 g/mol. The van der Waals surface area contributed by atoms with Crippen molar-refractivity contribution in [3.63, 3.8) is 0 Å². The molecule has 6 rings (SSSR count). The molecule has 3 N–H and O–H groups in total. The molecule has 2 aromatic heterocycles. The first kappa shape index (κ1) is 23.1. The van der Waals surface area contributed by atoms with Crippen molar-refractivity contribution >= 4 is 22.8 Å². The molecule has 10 heteroatoms. The third kappa shape index (κ3) is 4.47. The van der Waals surface area contributed by atoms with Gasteiger partial charge in [-0.25, -0.2) is 15.0 Å². The minimum Gasteiger partial charge on any atom is -0.480 e. The highest BCUT2D eigenvalue weighted by molar-refractivity contribution is 5.94. The summed E-state index contributed by atoms with van der Waals surface area (Å²) in [4.78, 5) is 27.6. The molecule has 1 aromatic carbocycles. The van der Waals surface area contributed by atoms with Crippen molar-refractivity contribution in [2.45, 2.75) is 56.5 Å². The molecule has 2 saturated heterocycles. The molecule has 0 spiro atoms. The number of para-hydroxylation sites is 1. The monoisotopic (exact) mass is 490 g/mol. The Balaban J connectivity index is 1.09. The van der Waals surface area contributed by atoms with Crippen LogP contribution in [-0.2, 0) is 11.3 Å². The fourth-order valence-electron chi connectivity index (χ4n) is 5.79. The van der Waals surface area contributed by atoms with E-state index in [1.807, 2.05) is 30.3 Å². The number of rotatable bonds is 7. The Hall–Kier alpha value is -3.34. The van der Waals surface area contributed by atoms with Gasteiger partial charge < -0.3 is 25.2 Å². The number of carbonyl (C=O) groups is 1. The van der Waals surface area contributed by atoms with Crippen LogP contribution in [0.25, 0.3) is 11.0 Å². The third-order valence-electron chi connectivity index (χ3n) is 7.52. The van der Waals surface area contributed by atoms with Crippen molar-refractivity contribution in [1.82, 2.24) is 25.2 Å². The minimum atomic E-state index is -0.653. The van der Waals surface area contributed by atoms with Gasteiger partial charge in [0.1, 0.15) is 0 Å². The first-order valence-corrected chi connectivity index (χ1v) is 12.5. The van der Waals surface area contributed by atoms with E-state index in [9.17, 15) is 9.90 Å². The second-order valence-electron chi connectivity index (χ2n) is 9.76. The Labute approximate surface area is 209 Å². The molecule has 2 bridgehead atoms. The van der Waals surface area contributed by atoms with Gasteiger partial charge in [0.25, 0.3) is 5.91 Å². The van der Waals surface area contributed by atoms with Gasteiger partial charge in [-0.1, -0.05) is 12.1 Å². The Morgan fingerprint density at radius 1 is 1.22 bits per heavy atom. The Bertz CT molecular complexity index is 1270. The normalized spacial score (nSPS) is 24.2. The highest BCUT2D eigenvalue weighted by Gasteiger charge is 2.41. The van der Waals surface area contributed by atoms with Crippen LogP contribution in [0.5, 0.6) is 11.6 Å². The number of methoxy groups -OCH3 is 1. The molecule has 1 amide bonds. The maximum Gasteiger partial charge on any atom is 0.263 e. The van der Waals surface area contributed by atoms with Crippen LogP contribution in [-0.4, -0.2) is 69.3 Å². The van der Waals surface area contributed by atoms with Crippen LogP contribution >= 0.6 is 0 Å². The van der Waals surface area contributed by atoms with Crippen LogP contribution in [0.2, 0.25) is 0 Å². The minimum absolute atomic E-state index is 0.0322. The SMILES string of the molecule is COc1cnc2cccc(C(O)CN3C4CCC3CC(NCc3ccc5c(n3)NC(=O)CO5)C4)c2n1. The maximum absolute atomic E-state index is 11.6. The third-order valence-corrected chi connectivity index (χ3v) is 7.52. The number of hydrogen-bond donors (Lipinski definition) is 3. The number of pyridine rings is 1. The van der Waals surface area contributed by atoms with Gasteiger partial charge in [-0.2, -0.15) is 0 Å². The van der Waals surface area contributed by atoms with Crippen LogP contribution < -0.4 is 20.1 Å². The van der Waals surface area contributed by atoms with Gasteiger partial charge in [-0.05, 0) is 43.9 Å². The molecule has 3 unspecified atom stereocenters. The number of hydrogen-bond acceptors (Lipinski definition) is 9. The Kier molecular flexibility index (Phi) is 6.16. The largest absolute Gasteiger partial charge is 0.480 e. The van der Waals surface area contributed by atoms with Gasteiger partial charge in [0.05, 0.1) is 36.1 Å². The highest BCUT2D eigenvalue weighted by Crippen LogP contribution is 2.38. The molecule has 2 fully saturated rings. The summed E-state index contributed by atoms with van der Waals surface area (Å²) in [5.74, 6) is 1.36. The standard InChI is InChI=1S/C26H30N6O4/c1-35-24-12-28-20-4-2-3-19(25(20)31-24)21(33)13-32-17-6-7-18(32)10-16(9-17)27-11-15-5-8-22-26(29-15)30-23(34)14-36-22/h2-5,8,12,16-18,21,27,33H,6-7,9-11,13-14H2,1H3,(H,29,30,34). The van der Waals surface area contributed by atoms with Crippen LogP contribution in [0.15, 0.2) is 36.5 Å². The molecule has 10 nitrogen and oxygen atoms in total. The van der Waals surface area contributed by atoms with Gasteiger partial charge in [-0.15, -0.1) is 0 Å². The van der Waals surface area contributed by atoms with Gasteiger partial charge in [0.2, 0.25) is 5.88 Å². The van der Waals surface area contributed by atoms with Crippen LogP contribution in [0, 0.1) is 0 Å². The summed E-state index contributed by atoms with van der Waals surface area (Å²) in [5, 5.41) is 17.6. The molecule has 5 heterocycles. The van der Waals surface area contributed by atoms with Gasteiger partial charge in [-0.3, -0.25) is 9.69 Å². The lowest BCUT2D eigenvalue weighted by molar-refractivity contribution is -0.118. The number of fused-ring (bicyclic) bond motifs is 4. The molecule has 188 valence electrons. The van der Waals surface area contributed by atoms with E-state index in [4.69, 9.17) is 9.47 Å². The summed E-state index contributed by atoms with van der Waals surface area (Å²) in [6.45, 7) is 1.24. The summed E-state index contributed by atoms with van der Waals surface area (Å²) >= 11 is 0. The summed E-state index contributed by atoms with van der Waals surface area (Å²) in [7, 11) is 1.57. The van der Waals surface area contributed by atoms with Crippen molar-refractivity contribution in [2.24, 2.45) is 0 Å². The van der Waals surface area contributed by atoms with E-state index in [2.05, 4.69) is 30.5 Å². The van der Waals surface area contributed by atoms with Gasteiger partial charge >= 0.3 is 0 Å². The van der Waals surface area contributed by atoms with Crippen molar-refractivity contribution < 1.29 is 19.4 Å². The number of piperidine rings is 1. The predicted molar refractivity (Wildman–Crippen MR) is 133 cm³/mol. The van der Waals surface area contributed by atoms with E-state index < -0.39 is 6.10 Å². The van der Waals surface area contributed by atoms with Crippen LogP contribution in [0.4, 0.5) is 5.82 Å². The number of anilines is 1. The number of aromatic nitrogens is 3. The summed E-state index contributed by atoms with van der Waals surface area (Å²) in [6.07, 6.45) is 5.27. The average Bonchev–Trinajstić information content (AvgIpc) is 3.12. The number of aliphatic hydroxyl groups excluding tert-OH is 1. The zero-order chi connectivity index (χ0) is 24.6. The van der Waals surface area contributed by atoms with Crippen molar-refractivity contribution in [2.75, 3.05) is 25.6 Å². The fraction of sp³-hybridized carbons (Fsp3) is 0.462.